The number of anilines is 1. The van der Waals surface area contributed by atoms with E-state index in [1.165, 1.54) is 5.56 Å². The third-order valence-electron chi connectivity index (χ3n) is 5.47. The van der Waals surface area contributed by atoms with Crippen LogP contribution in [0, 0.1) is 12.8 Å². The monoisotopic (exact) mass is 393 g/mol. The van der Waals surface area contributed by atoms with Gasteiger partial charge in [-0.15, -0.1) is 0 Å². The van der Waals surface area contributed by atoms with Gasteiger partial charge in [-0.1, -0.05) is 41.4 Å². The highest BCUT2D eigenvalue weighted by molar-refractivity contribution is 6.31. The molecule has 0 unspecified atom stereocenters. The van der Waals surface area contributed by atoms with Gasteiger partial charge in [0.15, 0.2) is 0 Å². The van der Waals surface area contributed by atoms with Gasteiger partial charge in [0.2, 0.25) is 5.91 Å². The second-order valence-electron chi connectivity index (χ2n) is 7.46. The molecule has 1 amide bonds. The zero-order valence-corrected chi connectivity index (χ0v) is 16.7. The van der Waals surface area contributed by atoms with Crippen LogP contribution in [0.25, 0.3) is 10.9 Å². The van der Waals surface area contributed by atoms with E-state index in [-0.39, 0.29) is 11.8 Å². The van der Waals surface area contributed by atoms with E-state index in [9.17, 15) is 4.79 Å². The van der Waals surface area contributed by atoms with E-state index in [2.05, 4.69) is 46.4 Å². The molecule has 2 aromatic carbocycles. The maximum atomic E-state index is 12.6. The van der Waals surface area contributed by atoms with Crippen molar-refractivity contribution in [1.29, 1.82) is 0 Å². The smallest absolute Gasteiger partial charge is 0.223 e. The van der Waals surface area contributed by atoms with Crippen molar-refractivity contribution in [2.24, 2.45) is 5.92 Å². The molecule has 1 aliphatic rings. The van der Waals surface area contributed by atoms with E-state index in [1.807, 2.05) is 30.5 Å². The highest BCUT2D eigenvalue weighted by atomic mass is 35.5. The van der Waals surface area contributed by atoms with Crippen molar-refractivity contribution >= 4 is 34.1 Å². The second-order valence-corrected chi connectivity index (χ2v) is 7.89. The van der Waals surface area contributed by atoms with Crippen LogP contribution in [0.1, 0.15) is 24.0 Å². The number of carbonyl (C=O) groups excluding carboxylic acids is 1. The standard InChI is InChI=1S/C23H24ClN3O/c1-16-2-4-17(5-3-16)15-26-23(28)18-9-12-27(13-10-18)22-8-11-25-21-7-6-19(24)14-20(21)22/h2-8,11,14,18H,9-10,12-13,15H2,1H3,(H,26,28). The number of halogens is 1. The number of amides is 1. The summed E-state index contributed by atoms with van der Waals surface area (Å²) in [7, 11) is 0. The number of pyridine rings is 1. The van der Waals surface area contributed by atoms with Crippen LogP contribution in [-0.2, 0) is 11.3 Å². The average Bonchev–Trinajstić information content (AvgIpc) is 2.73. The van der Waals surface area contributed by atoms with Crippen molar-refractivity contribution in [3.05, 3.63) is 70.9 Å². The summed E-state index contributed by atoms with van der Waals surface area (Å²) >= 11 is 6.19. The number of aryl methyl sites for hydroxylation is 1. The van der Waals surface area contributed by atoms with Crippen molar-refractivity contribution in [3.63, 3.8) is 0 Å². The molecule has 4 rings (SSSR count). The molecule has 3 aromatic rings. The first-order valence-electron chi connectivity index (χ1n) is 9.72. The summed E-state index contributed by atoms with van der Waals surface area (Å²) in [6.07, 6.45) is 3.54. The number of hydrogen-bond donors (Lipinski definition) is 1. The number of piperidine rings is 1. The molecular weight excluding hydrogens is 370 g/mol. The first-order valence-corrected chi connectivity index (χ1v) is 10.1. The van der Waals surface area contributed by atoms with Gasteiger partial charge in [0.05, 0.1) is 5.52 Å². The number of aromatic nitrogens is 1. The van der Waals surface area contributed by atoms with Gasteiger partial charge in [-0.2, -0.15) is 0 Å². The molecule has 1 N–H and O–H groups in total. The fourth-order valence-electron chi connectivity index (χ4n) is 3.80. The van der Waals surface area contributed by atoms with Gasteiger partial charge in [0.25, 0.3) is 0 Å². The fourth-order valence-corrected chi connectivity index (χ4v) is 3.97. The molecule has 28 heavy (non-hydrogen) atoms. The Balaban J connectivity index is 1.37. The number of benzene rings is 2. The van der Waals surface area contributed by atoms with Crippen LogP contribution >= 0.6 is 11.6 Å². The maximum absolute atomic E-state index is 12.6. The van der Waals surface area contributed by atoms with Gasteiger partial charge >= 0.3 is 0 Å². The third-order valence-corrected chi connectivity index (χ3v) is 5.71. The Morgan fingerprint density at radius 2 is 1.89 bits per heavy atom. The molecule has 4 nitrogen and oxygen atoms in total. The average molecular weight is 394 g/mol. The van der Waals surface area contributed by atoms with Gasteiger partial charge in [-0.3, -0.25) is 9.78 Å². The van der Waals surface area contributed by atoms with Crippen molar-refractivity contribution in [1.82, 2.24) is 10.3 Å². The number of nitrogens with one attached hydrogen (secondary N) is 1. The van der Waals surface area contributed by atoms with Gasteiger partial charge in [-0.05, 0) is 49.6 Å². The van der Waals surface area contributed by atoms with Crippen LogP contribution in [0.5, 0.6) is 0 Å². The molecule has 0 radical (unpaired) electrons. The predicted molar refractivity (Wildman–Crippen MR) is 115 cm³/mol. The number of carbonyl (C=O) groups is 1. The van der Waals surface area contributed by atoms with E-state index in [0.29, 0.717) is 11.6 Å². The highest BCUT2D eigenvalue weighted by Crippen LogP contribution is 2.31. The minimum absolute atomic E-state index is 0.0680. The van der Waals surface area contributed by atoms with Crippen molar-refractivity contribution < 1.29 is 4.79 Å². The lowest BCUT2D eigenvalue weighted by Crippen LogP contribution is -2.40. The first-order chi connectivity index (χ1) is 13.6. The van der Waals surface area contributed by atoms with Crippen LogP contribution < -0.4 is 10.2 Å². The third kappa shape index (κ3) is 4.12. The van der Waals surface area contributed by atoms with E-state index < -0.39 is 0 Å². The number of fused-ring (bicyclic) bond motifs is 1. The van der Waals surface area contributed by atoms with Crippen molar-refractivity contribution in [2.75, 3.05) is 18.0 Å². The van der Waals surface area contributed by atoms with Gasteiger partial charge in [-0.25, -0.2) is 0 Å². The Kier molecular flexibility index (Phi) is 5.49. The fraction of sp³-hybridized carbons (Fsp3) is 0.304. The predicted octanol–water partition coefficient (Wildman–Crippen LogP) is 4.73. The summed E-state index contributed by atoms with van der Waals surface area (Å²) in [5.74, 6) is 0.223. The Labute approximate surface area is 170 Å². The lowest BCUT2D eigenvalue weighted by molar-refractivity contribution is -0.125. The van der Waals surface area contributed by atoms with Crippen molar-refractivity contribution in [3.8, 4) is 0 Å². The molecule has 0 atom stereocenters. The van der Waals surface area contributed by atoms with E-state index in [4.69, 9.17) is 11.6 Å². The molecule has 5 heteroatoms. The molecule has 1 saturated heterocycles. The summed E-state index contributed by atoms with van der Waals surface area (Å²) in [6.45, 7) is 4.37. The molecule has 144 valence electrons. The minimum Gasteiger partial charge on any atom is -0.371 e. The second kappa shape index (κ2) is 8.19. The van der Waals surface area contributed by atoms with Crippen LogP contribution in [0.15, 0.2) is 54.7 Å². The lowest BCUT2D eigenvalue weighted by atomic mass is 9.95. The zero-order valence-electron chi connectivity index (χ0n) is 16.0. The SMILES string of the molecule is Cc1ccc(CNC(=O)C2CCN(c3ccnc4ccc(Cl)cc34)CC2)cc1. The first kappa shape index (κ1) is 18.8. The highest BCUT2D eigenvalue weighted by Gasteiger charge is 2.25. The molecule has 1 aliphatic heterocycles. The van der Waals surface area contributed by atoms with Gasteiger partial charge < -0.3 is 10.2 Å². The summed E-state index contributed by atoms with van der Waals surface area (Å²) in [4.78, 5) is 19.3. The van der Waals surface area contributed by atoms with E-state index in [1.54, 1.807) is 0 Å². The molecule has 0 spiro atoms. The molecule has 0 bridgehead atoms. The van der Waals surface area contributed by atoms with Crippen LogP contribution in [0.2, 0.25) is 5.02 Å². The zero-order chi connectivity index (χ0) is 19.5. The Morgan fingerprint density at radius 3 is 2.64 bits per heavy atom. The topological polar surface area (TPSA) is 45.2 Å². The molecule has 1 aromatic heterocycles. The molecule has 0 aliphatic carbocycles. The number of nitrogens with zero attached hydrogens (tertiary/aromatic N) is 2. The Bertz CT molecular complexity index is 979. The lowest BCUT2D eigenvalue weighted by Gasteiger charge is -2.33. The van der Waals surface area contributed by atoms with Crippen LogP contribution in [0.4, 0.5) is 5.69 Å². The van der Waals surface area contributed by atoms with E-state index in [0.717, 1.165) is 48.1 Å². The quantitative estimate of drug-likeness (QED) is 0.697. The van der Waals surface area contributed by atoms with Crippen LogP contribution in [0.3, 0.4) is 0 Å². The maximum Gasteiger partial charge on any atom is 0.223 e. The van der Waals surface area contributed by atoms with Gasteiger partial charge in [0.1, 0.15) is 0 Å². The molecule has 1 fully saturated rings. The van der Waals surface area contributed by atoms with E-state index >= 15 is 0 Å². The van der Waals surface area contributed by atoms with Crippen LogP contribution in [-0.4, -0.2) is 24.0 Å². The summed E-state index contributed by atoms with van der Waals surface area (Å²) in [6, 6.07) is 16.1. The normalized spacial score (nSPS) is 15.0. The van der Waals surface area contributed by atoms with Crippen molar-refractivity contribution in [2.45, 2.75) is 26.3 Å². The summed E-state index contributed by atoms with van der Waals surface area (Å²) in [5.41, 5.74) is 4.45. The summed E-state index contributed by atoms with van der Waals surface area (Å²) < 4.78 is 0. The van der Waals surface area contributed by atoms with Gasteiger partial charge in [0, 0.05) is 47.8 Å². The Hall–Kier alpha value is -2.59. The summed E-state index contributed by atoms with van der Waals surface area (Å²) in [5, 5.41) is 4.88. The number of hydrogen-bond acceptors (Lipinski definition) is 3. The largest absolute Gasteiger partial charge is 0.371 e. The molecule has 0 saturated carbocycles. The number of rotatable bonds is 4. The minimum atomic E-state index is 0.0680. The molecular formula is C23H24ClN3O. The Morgan fingerprint density at radius 1 is 1.14 bits per heavy atom. The molecule has 2 heterocycles.